The molecule has 0 aliphatic rings. The zero-order valence-corrected chi connectivity index (χ0v) is 22.2. The van der Waals surface area contributed by atoms with Gasteiger partial charge in [0.2, 0.25) is 0 Å². The Kier molecular flexibility index (Phi) is 10.1. The van der Waals surface area contributed by atoms with Gasteiger partial charge in [-0.25, -0.2) is 5.43 Å². The monoisotopic (exact) mass is 521 g/mol. The van der Waals surface area contributed by atoms with Gasteiger partial charge >= 0.3 is 0 Å². The number of carbonyl (C=O) groups excluding carboxylic acids is 2. The highest BCUT2D eigenvalue weighted by atomic mass is 35.5. The molecule has 3 rings (SSSR count). The van der Waals surface area contributed by atoms with Crippen molar-refractivity contribution in [3.63, 3.8) is 0 Å². The molecular formula is C29H32ClN3O4. The second kappa shape index (κ2) is 13.5. The number of nitrogens with zero attached hydrogens (tertiary/aromatic N) is 1. The normalized spacial score (nSPS) is 11.8. The molecule has 0 radical (unpaired) electrons. The number of ether oxygens (including phenoxy) is 2. The van der Waals surface area contributed by atoms with Crippen LogP contribution in [-0.2, 0) is 11.4 Å². The summed E-state index contributed by atoms with van der Waals surface area (Å²) >= 11 is 6.22. The SMILES string of the molecule is CCOc1cc(/C=N\NC(=O)C(NC(=O)c2ccc(C)cc2)C(C)C)ccc1OCc1ccccc1Cl. The first-order chi connectivity index (χ1) is 17.8. The molecule has 0 saturated carbocycles. The number of benzene rings is 3. The zero-order chi connectivity index (χ0) is 26.8. The zero-order valence-electron chi connectivity index (χ0n) is 21.5. The van der Waals surface area contributed by atoms with Crippen LogP contribution in [0, 0.1) is 12.8 Å². The van der Waals surface area contributed by atoms with Crippen molar-refractivity contribution in [2.75, 3.05) is 6.61 Å². The number of rotatable bonds is 11. The van der Waals surface area contributed by atoms with Crippen LogP contribution in [0.2, 0.25) is 5.02 Å². The first-order valence-corrected chi connectivity index (χ1v) is 12.5. The van der Waals surface area contributed by atoms with Gasteiger partial charge in [-0.3, -0.25) is 9.59 Å². The smallest absolute Gasteiger partial charge is 0.262 e. The topological polar surface area (TPSA) is 89.0 Å². The number of hydrogen-bond donors (Lipinski definition) is 2. The summed E-state index contributed by atoms with van der Waals surface area (Å²) in [6, 6.07) is 19.3. The lowest BCUT2D eigenvalue weighted by Crippen LogP contribution is -2.48. The van der Waals surface area contributed by atoms with Gasteiger partial charge in [0.15, 0.2) is 11.5 Å². The molecule has 3 aromatic rings. The fourth-order valence-electron chi connectivity index (χ4n) is 3.47. The number of nitrogens with one attached hydrogen (secondary N) is 2. The summed E-state index contributed by atoms with van der Waals surface area (Å²) in [5.74, 6) is 0.267. The van der Waals surface area contributed by atoms with Crippen LogP contribution in [0.3, 0.4) is 0 Å². The van der Waals surface area contributed by atoms with Gasteiger partial charge < -0.3 is 14.8 Å². The van der Waals surface area contributed by atoms with E-state index in [9.17, 15) is 9.59 Å². The third-order valence-corrected chi connectivity index (χ3v) is 5.92. The second-order valence-electron chi connectivity index (χ2n) is 8.81. The van der Waals surface area contributed by atoms with E-state index in [2.05, 4.69) is 15.8 Å². The van der Waals surface area contributed by atoms with E-state index >= 15 is 0 Å². The molecule has 0 aliphatic heterocycles. The van der Waals surface area contributed by atoms with Crippen LogP contribution in [0.4, 0.5) is 0 Å². The fraction of sp³-hybridized carbons (Fsp3) is 0.276. The van der Waals surface area contributed by atoms with E-state index in [4.69, 9.17) is 21.1 Å². The standard InChI is InChI=1S/C29H32ClN3O4/c1-5-36-26-16-21(12-15-25(26)37-18-23-8-6-7-9-24(23)30)17-31-33-29(35)27(19(2)3)32-28(34)22-13-10-20(4)11-14-22/h6-17,19,27H,5,18H2,1-4H3,(H,32,34)(H,33,35)/b31-17-. The molecule has 2 amide bonds. The van der Waals surface area contributed by atoms with Crippen LogP contribution in [0.25, 0.3) is 0 Å². The van der Waals surface area contributed by atoms with Crippen molar-refractivity contribution in [2.24, 2.45) is 11.0 Å². The minimum absolute atomic E-state index is 0.135. The van der Waals surface area contributed by atoms with Crippen LogP contribution in [-0.4, -0.2) is 30.7 Å². The molecule has 194 valence electrons. The van der Waals surface area contributed by atoms with Crippen LogP contribution in [0.15, 0.2) is 71.8 Å². The quantitative estimate of drug-likeness (QED) is 0.256. The van der Waals surface area contributed by atoms with E-state index in [1.165, 1.54) is 6.21 Å². The molecule has 2 N–H and O–H groups in total. The second-order valence-corrected chi connectivity index (χ2v) is 9.22. The molecule has 1 unspecified atom stereocenters. The van der Waals surface area contributed by atoms with E-state index in [0.29, 0.717) is 40.9 Å². The molecule has 3 aromatic carbocycles. The molecule has 0 bridgehead atoms. The maximum atomic E-state index is 12.8. The highest BCUT2D eigenvalue weighted by molar-refractivity contribution is 6.31. The summed E-state index contributed by atoms with van der Waals surface area (Å²) in [5.41, 5.74) is 5.65. The van der Waals surface area contributed by atoms with Gasteiger partial charge in [0, 0.05) is 16.1 Å². The van der Waals surface area contributed by atoms with Crippen molar-refractivity contribution in [1.82, 2.24) is 10.7 Å². The lowest BCUT2D eigenvalue weighted by Gasteiger charge is -2.20. The van der Waals surface area contributed by atoms with Crippen LogP contribution in [0.5, 0.6) is 11.5 Å². The van der Waals surface area contributed by atoms with Gasteiger partial charge in [0.25, 0.3) is 11.8 Å². The van der Waals surface area contributed by atoms with Crippen molar-refractivity contribution in [2.45, 2.75) is 40.3 Å². The summed E-state index contributed by atoms with van der Waals surface area (Å²) in [6.45, 7) is 8.31. The van der Waals surface area contributed by atoms with Gasteiger partial charge in [0.05, 0.1) is 12.8 Å². The maximum absolute atomic E-state index is 12.8. The predicted molar refractivity (Wildman–Crippen MR) is 146 cm³/mol. The molecule has 0 heterocycles. The van der Waals surface area contributed by atoms with Gasteiger partial charge in [0.1, 0.15) is 12.6 Å². The first kappa shape index (κ1) is 27.7. The molecule has 37 heavy (non-hydrogen) atoms. The number of halogens is 1. The Balaban J connectivity index is 1.64. The van der Waals surface area contributed by atoms with Gasteiger partial charge in [-0.2, -0.15) is 5.10 Å². The molecule has 0 saturated heterocycles. The van der Waals surface area contributed by atoms with Crippen molar-refractivity contribution < 1.29 is 19.1 Å². The molecule has 0 aromatic heterocycles. The van der Waals surface area contributed by atoms with E-state index in [1.807, 2.05) is 64.1 Å². The minimum Gasteiger partial charge on any atom is -0.490 e. The number of hydrazone groups is 1. The lowest BCUT2D eigenvalue weighted by atomic mass is 10.0. The summed E-state index contributed by atoms with van der Waals surface area (Å²) in [5, 5.41) is 7.51. The molecule has 8 heteroatoms. The number of carbonyl (C=O) groups is 2. The van der Waals surface area contributed by atoms with Crippen molar-refractivity contribution in [3.05, 3.63) is 94.0 Å². The van der Waals surface area contributed by atoms with Gasteiger partial charge in [-0.05, 0) is 61.7 Å². The third kappa shape index (κ3) is 8.08. The summed E-state index contributed by atoms with van der Waals surface area (Å²) in [4.78, 5) is 25.4. The van der Waals surface area contributed by atoms with Crippen molar-refractivity contribution in [1.29, 1.82) is 0 Å². The van der Waals surface area contributed by atoms with E-state index < -0.39 is 11.9 Å². The van der Waals surface area contributed by atoms with Gasteiger partial charge in [-0.1, -0.05) is 61.3 Å². The van der Waals surface area contributed by atoms with Crippen LogP contribution >= 0.6 is 11.6 Å². The van der Waals surface area contributed by atoms with E-state index in [-0.39, 0.29) is 11.8 Å². The molecule has 0 fully saturated rings. The Morgan fingerprint density at radius 2 is 1.73 bits per heavy atom. The van der Waals surface area contributed by atoms with Crippen molar-refractivity contribution >= 4 is 29.6 Å². The molecular weight excluding hydrogens is 490 g/mol. The summed E-state index contributed by atoms with van der Waals surface area (Å²) < 4.78 is 11.7. The molecule has 0 spiro atoms. The van der Waals surface area contributed by atoms with Crippen LogP contribution < -0.4 is 20.2 Å². The average molecular weight is 522 g/mol. The van der Waals surface area contributed by atoms with Gasteiger partial charge in [-0.15, -0.1) is 0 Å². The Bertz CT molecular complexity index is 1240. The lowest BCUT2D eigenvalue weighted by molar-refractivity contribution is -0.123. The minimum atomic E-state index is -0.745. The Hall–Kier alpha value is -3.84. The summed E-state index contributed by atoms with van der Waals surface area (Å²) in [7, 11) is 0. The van der Waals surface area contributed by atoms with Crippen molar-refractivity contribution in [3.8, 4) is 11.5 Å². The first-order valence-electron chi connectivity index (χ1n) is 12.1. The predicted octanol–water partition coefficient (Wildman–Crippen LogP) is 5.53. The molecule has 7 nitrogen and oxygen atoms in total. The number of amides is 2. The Morgan fingerprint density at radius 1 is 1.00 bits per heavy atom. The maximum Gasteiger partial charge on any atom is 0.262 e. The third-order valence-electron chi connectivity index (χ3n) is 5.55. The van der Waals surface area contributed by atoms with E-state index in [0.717, 1.165) is 11.1 Å². The number of aryl methyl sites for hydroxylation is 1. The largest absolute Gasteiger partial charge is 0.490 e. The Labute approximate surface area is 222 Å². The highest BCUT2D eigenvalue weighted by Crippen LogP contribution is 2.29. The molecule has 1 atom stereocenters. The number of hydrogen-bond acceptors (Lipinski definition) is 5. The fourth-order valence-corrected chi connectivity index (χ4v) is 3.66. The summed E-state index contributed by atoms with van der Waals surface area (Å²) in [6.07, 6.45) is 1.51. The van der Waals surface area contributed by atoms with E-state index in [1.54, 1.807) is 30.3 Å². The molecule has 0 aliphatic carbocycles. The Morgan fingerprint density at radius 3 is 2.41 bits per heavy atom. The van der Waals surface area contributed by atoms with Crippen LogP contribution in [0.1, 0.15) is 47.8 Å². The average Bonchev–Trinajstić information content (AvgIpc) is 2.88. The highest BCUT2D eigenvalue weighted by Gasteiger charge is 2.24.